The highest BCUT2D eigenvalue weighted by Crippen LogP contribution is 2.58. The standard InChI is InChI=1S/C17H26O4/c1-19-17(18)15-11-6-10-7-12(9-11)16(13(15)8-10)21-14-4-2-3-5-20-14/h10-16H,2-9H2,1H3/t10?,11?,12?,13?,14?,15?,16-/m1/s1. The average Bonchev–Trinajstić information content (AvgIpc) is 2.51. The van der Waals surface area contributed by atoms with Gasteiger partial charge in [0.05, 0.1) is 19.1 Å². The number of carbonyl (C=O) groups excluding carboxylic acids is 1. The van der Waals surface area contributed by atoms with E-state index in [9.17, 15) is 4.79 Å². The molecule has 0 spiro atoms. The van der Waals surface area contributed by atoms with Crippen LogP contribution in [-0.4, -0.2) is 32.1 Å². The molecule has 1 saturated heterocycles. The van der Waals surface area contributed by atoms with Crippen LogP contribution in [0.15, 0.2) is 0 Å². The lowest BCUT2D eigenvalue weighted by Crippen LogP contribution is -2.57. The Morgan fingerprint density at radius 3 is 2.71 bits per heavy atom. The molecule has 1 heterocycles. The van der Waals surface area contributed by atoms with Crippen molar-refractivity contribution in [3.05, 3.63) is 0 Å². The summed E-state index contributed by atoms with van der Waals surface area (Å²) in [6.07, 6.45) is 8.31. The SMILES string of the molecule is COC(=O)C1C2CC3CC(C2)[C@@H](OC2CCCCO2)C1C3. The van der Waals surface area contributed by atoms with Gasteiger partial charge < -0.3 is 14.2 Å². The van der Waals surface area contributed by atoms with Crippen molar-refractivity contribution in [2.75, 3.05) is 13.7 Å². The molecule has 6 unspecified atom stereocenters. The summed E-state index contributed by atoms with van der Waals surface area (Å²) in [6.45, 7) is 0.818. The van der Waals surface area contributed by atoms with E-state index in [1.54, 1.807) is 0 Å². The number of carbonyl (C=O) groups is 1. The second kappa shape index (κ2) is 5.54. The van der Waals surface area contributed by atoms with Gasteiger partial charge in [0.25, 0.3) is 0 Å². The number of methoxy groups -OCH3 is 1. The summed E-state index contributed by atoms with van der Waals surface area (Å²) >= 11 is 0. The summed E-state index contributed by atoms with van der Waals surface area (Å²) < 4.78 is 17.2. The van der Waals surface area contributed by atoms with Crippen LogP contribution in [0.3, 0.4) is 0 Å². The number of ether oxygens (including phenoxy) is 3. The molecule has 4 nitrogen and oxygen atoms in total. The quantitative estimate of drug-likeness (QED) is 0.751. The maximum absolute atomic E-state index is 12.2. The van der Waals surface area contributed by atoms with Crippen molar-refractivity contribution >= 4 is 5.97 Å². The van der Waals surface area contributed by atoms with Crippen LogP contribution in [0.5, 0.6) is 0 Å². The molecular weight excluding hydrogens is 268 g/mol. The van der Waals surface area contributed by atoms with E-state index in [1.807, 2.05) is 0 Å². The van der Waals surface area contributed by atoms with Crippen LogP contribution in [0.25, 0.3) is 0 Å². The Balaban J connectivity index is 1.51. The van der Waals surface area contributed by atoms with E-state index in [-0.39, 0.29) is 24.3 Å². The fourth-order valence-corrected chi connectivity index (χ4v) is 5.57. The third-order valence-corrected chi connectivity index (χ3v) is 6.26. The van der Waals surface area contributed by atoms with Crippen molar-refractivity contribution in [3.8, 4) is 0 Å². The smallest absolute Gasteiger partial charge is 0.309 e. The van der Waals surface area contributed by atoms with E-state index in [1.165, 1.54) is 26.4 Å². The average molecular weight is 294 g/mol. The molecule has 1 aliphatic heterocycles. The molecule has 118 valence electrons. The minimum atomic E-state index is -0.0421. The third kappa shape index (κ3) is 2.40. The summed E-state index contributed by atoms with van der Waals surface area (Å²) in [4.78, 5) is 12.2. The molecule has 4 bridgehead atoms. The third-order valence-electron chi connectivity index (χ3n) is 6.26. The van der Waals surface area contributed by atoms with Gasteiger partial charge in [-0.1, -0.05) is 0 Å². The van der Waals surface area contributed by atoms with Gasteiger partial charge in [0.15, 0.2) is 6.29 Å². The Kier molecular flexibility index (Phi) is 3.70. The molecule has 0 aromatic heterocycles. The van der Waals surface area contributed by atoms with Crippen molar-refractivity contribution in [1.29, 1.82) is 0 Å². The number of hydrogen-bond acceptors (Lipinski definition) is 4. The molecular formula is C17H26O4. The monoisotopic (exact) mass is 294 g/mol. The molecule has 0 aromatic rings. The summed E-state index contributed by atoms with van der Waals surface area (Å²) in [6, 6.07) is 0. The predicted octanol–water partition coefficient (Wildman–Crippen LogP) is 2.75. The molecule has 4 heteroatoms. The second-order valence-electron chi connectivity index (χ2n) is 7.44. The largest absolute Gasteiger partial charge is 0.469 e. The van der Waals surface area contributed by atoms with Gasteiger partial charge in [0, 0.05) is 6.61 Å². The van der Waals surface area contributed by atoms with Gasteiger partial charge in [-0.05, 0) is 68.6 Å². The van der Waals surface area contributed by atoms with Gasteiger partial charge in [-0.15, -0.1) is 0 Å². The predicted molar refractivity (Wildman–Crippen MR) is 76.4 cm³/mol. The van der Waals surface area contributed by atoms with Gasteiger partial charge in [-0.2, -0.15) is 0 Å². The van der Waals surface area contributed by atoms with Gasteiger partial charge in [-0.3, -0.25) is 4.79 Å². The fraction of sp³-hybridized carbons (Fsp3) is 0.941. The fourth-order valence-electron chi connectivity index (χ4n) is 5.57. The molecule has 5 aliphatic rings. The first kappa shape index (κ1) is 14.0. The van der Waals surface area contributed by atoms with E-state index in [0.717, 1.165) is 38.2 Å². The zero-order chi connectivity index (χ0) is 14.4. The topological polar surface area (TPSA) is 44.8 Å². The van der Waals surface area contributed by atoms with Gasteiger partial charge >= 0.3 is 5.97 Å². The zero-order valence-corrected chi connectivity index (χ0v) is 12.8. The van der Waals surface area contributed by atoms with Crippen molar-refractivity contribution in [1.82, 2.24) is 0 Å². The summed E-state index contributed by atoms with van der Waals surface area (Å²) in [5.41, 5.74) is 0. The van der Waals surface area contributed by atoms with E-state index in [2.05, 4.69) is 0 Å². The Morgan fingerprint density at radius 2 is 1.95 bits per heavy atom. The van der Waals surface area contributed by atoms with Crippen molar-refractivity contribution in [2.24, 2.45) is 29.6 Å². The number of hydrogen-bond donors (Lipinski definition) is 0. The maximum atomic E-state index is 12.2. The highest BCUT2D eigenvalue weighted by Gasteiger charge is 2.57. The van der Waals surface area contributed by atoms with E-state index >= 15 is 0 Å². The van der Waals surface area contributed by atoms with Crippen molar-refractivity contribution < 1.29 is 19.0 Å². The number of rotatable bonds is 3. The highest BCUT2D eigenvalue weighted by molar-refractivity contribution is 5.73. The molecule has 0 amide bonds. The first-order valence-electron chi connectivity index (χ1n) is 8.61. The summed E-state index contributed by atoms with van der Waals surface area (Å²) in [7, 11) is 1.52. The van der Waals surface area contributed by atoms with Gasteiger partial charge in [0.2, 0.25) is 0 Å². The summed E-state index contributed by atoms with van der Waals surface area (Å²) in [5.74, 6) is 2.40. The van der Waals surface area contributed by atoms with Crippen LogP contribution in [0.2, 0.25) is 0 Å². The van der Waals surface area contributed by atoms with Crippen molar-refractivity contribution in [3.63, 3.8) is 0 Å². The first-order chi connectivity index (χ1) is 10.3. The minimum Gasteiger partial charge on any atom is -0.469 e. The molecule has 0 N–H and O–H groups in total. The lowest BCUT2D eigenvalue weighted by Gasteiger charge is -2.57. The molecule has 0 radical (unpaired) electrons. The molecule has 21 heavy (non-hydrogen) atoms. The van der Waals surface area contributed by atoms with Crippen LogP contribution in [0, 0.1) is 29.6 Å². The minimum absolute atomic E-state index is 0.0121. The molecule has 4 saturated carbocycles. The Bertz CT molecular complexity index is 404. The zero-order valence-electron chi connectivity index (χ0n) is 12.8. The first-order valence-corrected chi connectivity index (χ1v) is 8.61. The van der Waals surface area contributed by atoms with Crippen LogP contribution in [0.1, 0.15) is 44.9 Å². The number of esters is 1. The maximum Gasteiger partial charge on any atom is 0.309 e. The van der Waals surface area contributed by atoms with Crippen LogP contribution >= 0.6 is 0 Å². The van der Waals surface area contributed by atoms with E-state index in [0.29, 0.717) is 17.8 Å². The molecule has 5 fully saturated rings. The summed E-state index contributed by atoms with van der Waals surface area (Å²) in [5, 5.41) is 0. The second-order valence-corrected chi connectivity index (χ2v) is 7.44. The highest BCUT2D eigenvalue weighted by atomic mass is 16.7. The Hall–Kier alpha value is -0.610. The molecule has 0 aromatic carbocycles. The normalized spacial score (nSPS) is 48.3. The van der Waals surface area contributed by atoms with Gasteiger partial charge in [-0.25, -0.2) is 0 Å². The Labute approximate surface area is 126 Å². The van der Waals surface area contributed by atoms with E-state index in [4.69, 9.17) is 14.2 Å². The van der Waals surface area contributed by atoms with E-state index < -0.39 is 0 Å². The molecule has 5 rings (SSSR count). The lowest BCUT2D eigenvalue weighted by atomic mass is 9.50. The molecule has 4 aliphatic carbocycles. The van der Waals surface area contributed by atoms with Crippen LogP contribution in [0.4, 0.5) is 0 Å². The van der Waals surface area contributed by atoms with Crippen LogP contribution in [-0.2, 0) is 19.0 Å². The molecule has 7 atom stereocenters. The van der Waals surface area contributed by atoms with Gasteiger partial charge in [0.1, 0.15) is 0 Å². The lowest BCUT2D eigenvalue weighted by molar-refractivity contribution is -0.248. The Morgan fingerprint density at radius 1 is 1.10 bits per heavy atom. The van der Waals surface area contributed by atoms with Crippen LogP contribution < -0.4 is 0 Å². The van der Waals surface area contributed by atoms with Crippen molar-refractivity contribution in [2.45, 2.75) is 57.3 Å².